The molecule has 0 fully saturated rings. The van der Waals surface area contributed by atoms with Gasteiger partial charge in [-0.15, -0.1) is 0 Å². The third kappa shape index (κ3) is 4.62. The average molecular weight is 369 g/mol. The molecule has 0 saturated carbocycles. The third-order valence-electron chi connectivity index (χ3n) is 3.20. The Balaban J connectivity index is 2.20. The highest BCUT2D eigenvalue weighted by Crippen LogP contribution is 2.23. The van der Waals surface area contributed by atoms with E-state index in [0.717, 1.165) is 10.6 Å². The van der Waals surface area contributed by atoms with Crippen LogP contribution in [0.1, 0.15) is 0 Å². The molecule has 1 N–H and O–H groups in total. The molecule has 0 saturated heterocycles. The Hall–Kier alpha value is -2.25. The van der Waals surface area contributed by atoms with Gasteiger partial charge in [-0.3, -0.25) is 9.10 Å². The van der Waals surface area contributed by atoms with E-state index >= 15 is 0 Å². The van der Waals surface area contributed by atoms with E-state index in [0.29, 0.717) is 22.1 Å². The second kappa shape index (κ2) is 7.55. The van der Waals surface area contributed by atoms with Gasteiger partial charge in [0.15, 0.2) is 0 Å². The molecule has 8 heteroatoms. The summed E-state index contributed by atoms with van der Waals surface area (Å²) in [6, 6.07) is 13.1. The van der Waals surface area contributed by atoms with E-state index in [1.54, 1.807) is 48.5 Å². The van der Waals surface area contributed by atoms with E-state index in [2.05, 4.69) is 5.32 Å². The van der Waals surface area contributed by atoms with Crippen LogP contribution in [0.15, 0.2) is 48.5 Å². The fourth-order valence-corrected chi connectivity index (χ4v) is 3.07. The number of methoxy groups -OCH3 is 1. The van der Waals surface area contributed by atoms with Gasteiger partial charge in [-0.05, 0) is 36.4 Å². The maximum absolute atomic E-state index is 12.2. The van der Waals surface area contributed by atoms with E-state index in [1.807, 2.05) is 0 Å². The first-order valence-electron chi connectivity index (χ1n) is 6.97. The van der Waals surface area contributed by atoms with Crippen molar-refractivity contribution < 1.29 is 17.9 Å². The minimum Gasteiger partial charge on any atom is -0.497 e. The molecule has 128 valence electrons. The van der Waals surface area contributed by atoms with Crippen LogP contribution in [0.3, 0.4) is 0 Å². The maximum Gasteiger partial charge on any atom is 0.245 e. The summed E-state index contributed by atoms with van der Waals surface area (Å²) in [5, 5.41) is 2.98. The number of ether oxygens (including phenoxy) is 1. The van der Waals surface area contributed by atoms with Crippen molar-refractivity contribution in [2.45, 2.75) is 0 Å². The molecule has 0 aliphatic rings. The van der Waals surface area contributed by atoms with E-state index in [9.17, 15) is 13.2 Å². The molecule has 0 bridgehead atoms. The highest BCUT2D eigenvalue weighted by molar-refractivity contribution is 7.92. The summed E-state index contributed by atoms with van der Waals surface area (Å²) < 4.78 is 30.1. The summed E-state index contributed by atoms with van der Waals surface area (Å²) in [6.07, 6.45) is 1.04. The van der Waals surface area contributed by atoms with Gasteiger partial charge in [0.05, 0.1) is 29.8 Å². The van der Waals surface area contributed by atoms with Crippen molar-refractivity contribution in [1.82, 2.24) is 0 Å². The van der Waals surface area contributed by atoms with Crippen molar-refractivity contribution in [2.24, 2.45) is 0 Å². The molecule has 0 atom stereocenters. The summed E-state index contributed by atoms with van der Waals surface area (Å²) in [4.78, 5) is 12.2. The minimum absolute atomic E-state index is 0.365. The fraction of sp³-hybridized carbons (Fsp3) is 0.188. The minimum atomic E-state index is -3.64. The van der Waals surface area contributed by atoms with Crippen molar-refractivity contribution >= 4 is 38.9 Å². The lowest BCUT2D eigenvalue weighted by Gasteiger charge is -2.22. The van der Waals surface area contributed by atoms with Gasteiger partial charge < -0.3 is 10.1 Å². The standard InChI is InChI=1S/C16H17ClN2O4S/c1-23-13-9-7-12(8-10-13)19(24(2,21)22)11-16(20)18-15-6-4-3-5-14(15)17/h3-10H,11H2,1-2H3,(H,18,20). The number of carbonyl (C=O) groups excluding carboxylic acids is 1. The van der Waals surface area contributed by atoms with Crippen LogP contribution in [0.2, 0.25) is 5.02 Å². The van der Waals surface area contributed by atoms with Crippen molar-refractivity contribution in [3.8, 4) is 5.75 Å². The van der Waals surface area contributed by atoms with Crippen LogP contribution in [-0.4, -0.2) is 34.2 Å². The topological polar surface area (TPSA) is 75.7 Å². The van der Waals surface area contributed by atoms with Crippen molar-refractivity contribution in [3.63, 3.8) is 0 Å². The number of rotatable bonds is 6. The van der Waals surface area contributed by atoms with Crippen molar-refractivity contribution in [2.75, 3.05) is 29.5 Å². The molecule has 24 heavy (non-hydrogen) atoms. The Bertz CT molecular complexity index is 822. The van der Waals surface area contributed by atoms with E-state index in [1.165, 1.54) is 7.11 Å². The van der Waals surface area contributed by atoms with Gasteiger partial charge in [-0.1, -0.05) is 23.7 Å². The smallest absolute Gasteiger partial charge is 0.245 e. The van der Waals surface area contributed by atoms with Crippen LogP contribution >= 0.6 is 11.6 Å². The Morgan fingerprint density at radius 2 is 1.79 bits per heavy atom. The number of anilines is 2. The van der Waals surface area contributed by atoms with E-state index in [-0.39, 0.29) is 6.54 Å². The van der Waals surface area contributed by atoms with E-state index < -0.39 is 15.9 Å². The van der Waals surface area contributed by atoms with Gasteiger partial charge in [0.25, 0.3) is 0 Å². The quantitative estimate of drug-likeness (QED) is 0.850. The van der Waals surface area contributed by atoms with Gasteiger partial charge in [0.1, 0.15) is 12.3 Å². The molecule has 2 aromatic rings. The number of hydrogen-bond acceptors (Lipinski definition) is 4. The number of hydrogen-bond donors (Lipinski definition) is 1. The predicted octanol–water partition coefficient (Wildman–Crippen LogP) is 2.75. The van der Waals surface area contributed by atoms with Crippen LogP contribution in [0.5, 0.6) is 5.75 Å². The molecule has 0 aromatic heterocycles. The van der Waals surface area contributed by atoms with Crippen LogP contribution in [0.4, 0.5) is 11.4 Å². The van der Waals surface area contributed by atoms with Gasteiger partial charge in [0, 0.05) is 0 Å². The molecular formula is C16H17ClN2O4S. The van der Waals surface area contributed by atoms with Crippen LogP contribution in [0, 0.1) is 0 Å². The number of sulfonamides is 1. The first kappa shape index (κ1) is 18.1. The summed E-state index contributed by atoms with van der Waals surface area (Å²) in [5.74, 6) is 0.0945. The monoisotopic (exact) mass is 368 g/mol. The molecule has 2 rings (SSSR count). The number of carbonyl (C=O) groups is 1. The normalized spacial score (nSPS) is 11.0. The molecular weight excluding hydrogens is 352 g/mol. The zero-order valence-corrected chi connectivity index (χ0v) is 14.8. The molecule has 0 heterocycles. The molecule has 0 radical (unpaired) electrons. The summed E-state index contributed by atoms with van der Waals surface area (Å²) in [7, 11) is -2.12. The predicted molar refractivity (Wildman–Crippen MR) is 95.3 cm³/mol. The molecule has 0 unspecified atom stereocenters. The summed E-state index contributed by atoms with van der Waals surface area (Å²) in [5.41, 5.74) is 0.792. The van der Waals surface area contributed by atoms with Gasteiger partial charge in [0.2, 0.25) is 15.9 Å². The molecule has 1 amide bonds. The summed E-state index contributed by atoms with van der Waals surface area (Å²) in [6.45, 7) is -0.365. The van der Waals surface area contributed by atoms with E-state index in [4.69, 9.17) is 16.3 Å². The van der Waals surface area contributed by atoms with Gasteiger partial charge in [-0.25, -0.2) is 8.42 Å². The van der Waals surface area contributed by atoms with Crippen LogP contribution in [0.25, 0.3) is 0 Å². The Kier molecular flexibility index (Phi) is 5.69. The van der Waals surface area contributed by atoms with Crippen molar-refractivity contribution in [1.29, 1.82) is 0 Å². The maximum atomic E-state index is 12.2. The largest absolute Gasteiger partial charge is 0.497 e. The lowest BCUT2D eigenvalue weighted by Crippen LogP contribution is -2.37. The number of nitrogens with one attached hydrogen (secondary N) is 1. The number of nitrogens with zero attached hydrogens (tertiary/aromatic N) is 1. The first-order valence-corrected chi connectivity index (χ1v) is 9.20. The lowest BCUT2D eigenvalue weighted by atomic mass is 10.3. The number of para-hydroxylation sites is 1. The van der Waals surface area contributed by atoms with Gasteiger partial charge >= 0.3 is 0 Å². The second-order valence-electron chi connectivity index (χ2n) is 5.00. The van der Waals surface area contributed by atoms with Crippen LogP contribution in [-0.2, 0) is 14.8 Å². The zero-order valence-electron chi connectivity index (χ0n) is 13.2. The van der Waals surface area contributed by atoms with Crippen LogP contribution < -0.4 is 14.4 Å². The molecule has 0 aliphatic carbocycles. The lowest BCUT2D eigenvalue weighted by molar-refractivity contribution is -0.114. The molecule has 2 aromatic carbocycles. The number of halogens is 1. The Morgan fingerprint density at radius 3 is 2.33 bits per heavy atom. The zero-order chi connectivity index (χ0) is 17.7. The summed E-state index contributed by atoms with van der Waals surface area (Å²) >= 11 is 5.98. The Morgan fingerprint density at radius 1 is 1.17 bits per heavy atom. The Labute approximate surface area is 146 Å². The second-order valence-corrected chi connectivity index (χ2v) is 7.31. The average Bonchev–Trinajstić information content (AvgIpc) is 2.54. The highest BCUT2D eigenvalue weighted by atomic mass is 35.5. The first-order chi connectivity index (χ1) is 11.3. The van der Waals surface area contributed by atoms with Gasteiger partial charge in [-0.2, -0.15) is 0 Å². The fourth-order valence-electron chi connectivity index (χ4n) is 2.03. The molecule has 6 nitrogen and oxygen atoms in total. The van der Waals surface area contributed by atoms with Crippen molar-refractivity contribution in [3.05, 3.63) is 53.6 Å². The SMILES string of the molecule is COc1ccc(N(CC(=O)Nc2ccccc2Cl)S(C)(=O)=O)cc1. The molecule has 0 spiro atoms. The number of benzene rings is 2. The molecule has 0 aliphatic heterocycles. The number of amides is 1. The highest BCUT2D eigenvalue weighted by Gasteiger charge is 2.21. The third-order valence-corrected chi connectivity index (χ3v) is 4.67.